The van der Waals surface area contributed by atoms with E-state index in [1.807, 2.05) is 24.8 Å². The summed E-state index contributed by atoms with van der Waals surface area (Å²) in [6.45, 7) is 12.7. The molecule has 0 saturated carbocycles. The lowest BCUT2D eigenvalue weighted by Gasteiger charge is -2.46. The highest BCUT2D eigenvalue weighted by Crippen LogP contribution is 2.47. The normalized spacial score (nSPS) is 27.3. The van der Waals surface area contributed by atoms with Crippen LogP contribution in [-0.4, -0.2) is 72.7 Å². The Morgan fingerprint density at radius 1 is 1.20 bits per heavy atom. The summed E-state index contributed by atoms with van der Waals surface area (Å²) in [5.74, 6) is 2.34. The second-order valence-electron chi connectivity index (χ2n) is 10.6. The molecule has 10 heteroatoms. The van der Waals surface area contributed by atoms with E-state index in [-0.39, 0.29) is 17.4 Å². The molecule has 1 amide bonds. The molecular weight excluding hydrogens is 462 g/mol. The van der Waals surface area contributed by atoms with Gasteiger partial charge < -0.3 is 14.7 Å². The van der Waals surface area contributed by atoms with Gasteiger partial charge in [-0.15, -0.1) is 0 Å². The summed E-state index contributed by atoms with van der Waals surface area (Å²) in [6, 6.07) is 4.08. The Morgan fingerprint density at radius 2 is 1.94 bits per heavy atom. The Bertz CT molecular complexity index is 1270. The molecule has 3 aliphatic rings. The molecule has 0 aliphatic carbocycles. The van der Waals surface area contributed by atoms with Gasteiger partial charge >= 0.3 is 0 Å². The highest BCUT2D eigenvalue weighted by atomic mass is 32.2. The number of hydrogen-bond donors (Lipinski definition) is 0. The number of nitrogens with zero attached hydrogens (tertiary/aromatic N) is 7. The third-order valence-electron chi connectivity index (χ3n) is 7.71. The van der Waals surface area contributed by atoms with Crippen LogP contribution in [0.2, 0.25) is 0 Å². The van der Waals surface area contributed by atoms with Crippen LogP contribution in [0.1, 0.15) is 50.9 Å². The summed E-state index contributed by atoms with van der Waals surface area (Å²) < 4.78 is 11.5. The maximum atomic E-state index is 13.2. The number of piperazine rings is 1. The van der Waals surface area contributed by atoms with Gasteiger partial charge in [0.2, 0.25) is 5.91 Å². The van der Waals surface area contributed by atoms with E-state index in [1.54, 1.807) is 12.5 Å². The van der Waals surface area contributed by atoms with Crippen LogP contribution in [0.25, 0.3) is 0 Å². The number of carbonyl (C=O) groups is 1. The smallest absolute Gasteiger partial charge is 0.241 e. The molecule has 5 heterocycles. The van der Waals surface area contributed by atoms with Crippen molar-refractivity contribution in [2.24, 2.45) is 0 Å². The standard InChI is InChI=1S/C25H31N7O2S/c1-16-13-30(7-8-31(16)23(33)25(5)6-9-35(25)34)21-20-22(29-15-28-21)32(14-24(20,3)4)19-10-18(11-26)17(2)27-12-19/h10,12,15-16H,6-9,13-14H2,1-5H3. The third kappa shape index (κ3) is 3.68. The van der Waals surface area contributed by atoms with Gasteiger partial charge in [-0.2, -0.15) is 5.26 Å². The highest BCUT2D eigenvalue weighted by molar-refractivity contribution is 7.88. The number of anilines is 3. The van der Waals surface area contributed by atoms with Gasteiger partial charge in [0.15, 0.2) is 0 Å². The zero-order valence-corrected chi connectivity index (χ0v) is 21.7. The number of hydrogen-bond acceptors (Lipinski definition) is 8. The Morgan fingerprint density at radius 3 is 2.57 bits per heavy atom. The fourth-order valence-electron chi connectivity index (χ4n) is 5.41. The van der Waals surface area contributed by atoms with E-state index in [1.165, 1.54) is 0 Å². The Labute approximate surface area is 208 Å². The molecule has 9 nitrogen and oxygen atoms in total. The van der Waals surface area contributed by atoms with E-state index in [0.717, 1.165) is 22.9 Å². The zero-order chi connectivity index (χ0) is 25.1. The lowest BCUT2D eigenvalue weighted by Crippen LogP contribution is -2.63. The average molecular weight is 494 g/mol. The fraction of sp³-hybridized carbons (Fsp3) is 0.560. The lowest BCUT2D eigenvalue weighted by molar-refractivity contribution is -0.136. The van der Waals surface area contributed by atoms with Gasteiger partial charge in [0.25, 0.3) is 0 Å². The minimum Gasteiger partial charge on any atom is -0.352 e. The molecule has 2 fully saturated rings. The molecular formula is C25H31N7O2S. The number of carbonyl (C=O) groups excluding carboxylic acids is 1. The number of fused-ring (bicyclic) bond motifs is 1. The second kappa shape index (κ2) is 8.26. The monoisotopic (exact) mass is 493 g/mol. The van der Waals surface area contributed by atoms with Gasteiger partial charge in [0.05, 0.1) is 23.1 Å². The maximum Gasteiger partial charge on any atom is 0.241 e. The minimum absolute atomic E-state index is 0.00817. The molecule has 0 radical (unpaired) electrons. The molecule has 5 rings (SSSR count). The predicted molar refractivity (Wildman–Crippen MR) is 135 cm³/mol. The van der Waals surface area contributed by atoms with Crippen LogP contribution in [0.5, 0.6) is 0 Å². The van der Waals surface area contributed by atoms with E-state index in [0.29, 0.717) is 49.6 Å². The van der Waals surface area contributed by atoms with Crippen LogP contribution in [0, 0.1) is 18.3 Å². The van der Waals surface area contributed by atoms with E-state index >= 15 is 0 Å². The molecule has 2 aromatic rings. The van der Waals surface area contributed by atoms with Crippen LogP contribution < -0.4 is 9.80 Å². The van der Waals surface area contributed by atoms with Gasteiger partial charge in [0, 0.05) is 59.8 Å². The highest BCUT2D eigenvalue weighted by Gasteiger charge is 2.50. The summed E-state index contributed by atoms with van der Waals surface area (Å²) in [4.78, 5) is 33.2. The summed E-state index contributed by atoms with van der Waals surface area (Å²) in [5, 5.41) is 9.48. The maximum absolute atomic E-state index is 13.2. The molecule has 3 atom stereocenters. The number of aryl methyl sites for hydroxylation is 1. The fourth-order valence-corrected chi connectivity index (χ4v) is 6.71. The van der Waals surface area contributed by atoms with Crippen LogP contribution >= 0.6 is 0 Å². The van der Waals surface area contributed by atoms with Crippen molar-refractivity contribution >= 4 is 34.0 Å². The van der Waals surface area contributed by atoms with Crippen LogP contribution in [-0.2, 0) is 21.0 Å². The van der Waals surface area contributed by atoms with Crippen LogP contribution in [0.15, 0.2) is 18.6 Å². The Hall–Kier alpha value is -3.06. The molecule has 0 aromatic carbocycles. The minimum atomic E-state index is -1.08. The van der Waals surface area contributed by atoms with Gasteiger partial charge in [-0.05, 0) is 33.3 Å². The second-order valence-corrected chi connectivity index (χ2v) is 12.6. The molecule has 0 N–H and O–H groups in total. The van der Waals surface area contributed by atoms with Crippen molar-refractivity contribution in [1.29, 1.82) is 5.26 Å². The molecule has 2 saturated heterocycles. The van der Waals surface area contributed by atoms with Gasteiger partial charge in [-0.1, -0.05) is 13.8 Å². The first kappa shape index (κ1) is 23.7. The number of rotatable bonds is 3. The number of pyridine rings is 1. The molecule has 0 bridgehead atoms. The first-order valence-electron chi connectivity index (χ1n) is 12.0. The number of nitriles is 1. The molecule has 2 aromatic heterocycles. The quantitative estimate of drug-likeness (QED) is 0.642. The van der Waals surface area contributed by atoms with Crippen molar-refractivity contribution < 1.29 is 9.00 Å². The lowest BCUT2D eigenvalue weighted by atomic mass is 9.87. The topological polar surface area (TPSA) is 106 Å². The van der Waals surface area contributed by atoms with Crippen LogP contribution in [0.4, 0.5) is 17.3 Å². The van der Waals surface area contributed by atoms with Crippen molar-refractivity contribution in [3.05, 3.63) is 35.4 Å². The third-order valence-corrected chi connectivity index (χ3v) is 9.66. The van der Waals surface area contributed by atoms with Crippen LogP contribution in [0.3, 0.4) is 0 Å². The van der Waals surface area contributed by atoms with Crippen molar-refractivity contribution in [1.82, 2.24) is 19.9 Å². The van der Waals surface area contributed by atoms with E-state index in [9.17, 15) is 14.3 Å². The van der Waals surface area contributed by atoms with Crippen molar-refractivity contribution in [3.8, 4) is 6.07 Å². The van der Waals surface area contributed by atoms with Gasteiger partial charge in [-0.25, -0.2) is 9.97 Å². The Kier molecular flexibility index (Phi) is 5.59. The SMILES string of the molecule is Cc1ncc(N2CC(C)(C)c3c(N4CCN(C(=O)C5(C)CCS5=O)C(C)C4)ncnc32)cc1C#N. The van der Waals surface area contributed by atoms with Crippen molar-refractivity contribution in [3.63, 3.8) is 0 Å². The largest absolute Gasteiger partial charge is 0.352 e. The molecule has 0 spiro atoms. The zero-order valence-electron chi connectivity index (χ0n) is 20.9. The van der Waals surface area contributed by atoms with Crippen molar-refractivity contribution in [2.75, 3.05) is 41.7 Å². The predicted octanol–water partition coefficient (Wildman–Crippen LogP) is 2.43. The van der Waals surface area contributed by atoms with E-state index in [4.69, 9.17) is 4.98 Å². The number of amides is 1. The molecule has 184 valence electrons. The van der Waals surface area contributed by atoms with Gasteiger partial charge in [-0.3, -0.25) is 14.0 Å². The van der Waals surface area contributed by atoms with E-state index < -0.39 is 15.5 Å². The van der Waals surface area contributed by atoms with Gasteiger partial charge in [0.1, 0.15) is 28.8 Å². The first-order valence-corrected chi connectivity index (χ1v) is 13.3. The first-order chi connectivity index (χ1) is 16.6. The summed E-state index contributed by atoms with van der Waals surface area (Å²) in [5.41, 5.74) is 2.95. The molecule has 3 unspecified atom stereocenters. The van der Waals surface area contributed by atoms with E-state index in [2.05, 4.69) is 46.6 Å². The summed E-state index contributed by atoms with van der Waals surface area (Å²) in [6.07, 6.45) is 4.08. The van der Waals surface area contributed by atoms with Crippen molar-refractivity contribution in [2.45, 2.75) is 57.2 Å². The summed E-state index contributed by atoms with van der Waals surface area (Å²) in [7, 11) is -1.08. The molecule has 3 aliphatic heterocycles. The summed E-state index contributed by atoms with van der Waals surface area (Å²) >= 11 is 0. The molecule has 35 heavy (non-hydrogen) atoms. The average Bonchev–Trinajstić information content (AvgIpc) is 3.13. The Balaban J connectivity index is 1.44. The number of aromatic nitrogens is 3.